The predicted octanol–water partition coefficient (Wildman–Crippen LogP) is 3.09. The van der Waals surface area contributed by atoms with Crippen LogP contribution in [0, 0.1) is 5.92 Å². The lowest BCUT2D eigenvalue weighted by Gasteiger charge is -2.20. The highest BCUT2D eigenvalue weighted by Gasteiger charge is 2.34. The number of amides is 1. The summed E-state index contributed by atoms with van der Waals surface area (Å²) in [5.74, 6) is -0.406. The van der Waals surface area contributed by atoms with E-state index >= 15 is 0 Å². The molecule has 0 aromatic heterocycles. The van der Waals surface area contributed by atoms with Crippen molar-refractivity contribution in [3.05, 3.63) is 23.8 Å². The van der Waals surface area contributed by atoms with Gasteiger partial charge in [-0.2, -0.15) is 0 Å². The van der Waals surface area contributed by atoms with E-state index in [1.54, 1.807) is 12.0 Å². The molecular formula is C19H27NO5. The molecule has 1 N–H and O–H groups in total. The molecule has 1 aromatic rings. The monoisotopic (exact) mass is 349 g/mol. The Labute approximate surface area is 148 Å². The van der Waals surface area contributed by atoms with Gasteiger partial charge in [0.25, 0.3) is 0 Å². The number of benzene rings is 1. The summed E-state index contributed by atoms with van der Waals surface area (Å²) in [6.45, 7) is 3.33. The Morgan fingerprint density at radius 1 is 1.32 bits per heavy atom. The quantitative estimate of drug-likeness (QED) is 0.657. The fraction of sp³-hybridized carbons (Fsp3) is 0.579. The van der Waals surface area contributed by atoms with Gasteiger partial charge >= 0.3 is 5.97 Å². The molecule has 0 spiro atoms. The van der Waals surface area contributed by atoms with Gasteiger partial charge in [-0.1, -0.05) is 38.3 Å². The number of carbonyl (C=O) groups is 2. The van der Waals surface area contributed by atoms with Gasteiger partial charge in [-0.3, -0.25) is 9.59 Å². The molecule has 2 rings (SSSR count). The number of likely N-dealkylation sites (tertiary alicyclic amines) is 1. The Kier molecular flexibility index (Phi) is 7.10. The number of aliphatic carboxylic acids is 1. The smallest absolute Gasteiger partial charge is 0.308 e. The minimum absolute atomic E-state index is 0.0620. The molecule has 1 aromatic carbocycles. The van der Waals surface area contributed by atoms with Crippen molar-refractivity contribution in [3.8, 4) is 11.5 Å². The summed E-state index contributed by atoms with van der Waals surface area (Å²) in [7, 11) is 1.59. The van der Waals surface area contributed by atoms with Crippen molar-refractivity contribution < 1.29 is 24.2 Å². The van der Waals surface area contributed by atoms with Crippen LogP contribution in [0.25, 0.3) is 0 Å². The molecule has 0 radical (unpaired) electrons. The number of carboxylic acid groups (broad SMARTS) is 1. The molecule has 25 heavy (non-hydrogen) atoms. The zero-order chi connectivity index (χ0) is 18.2. The molecule has 0 bridgehead atoms. The van der Waals surface area contributed by atoms with Crippen LogP contribution in [0.1, 0.15) is 44.6 Å². The van der Waals surface area contributed by atoms with Crippen LogP contribution in [0.3, 0.4) is 0 Å². The van der Waals surface area contributed by atoms with E-state index in [1.165, 1.54) is 12.8 Å². The van der Waals surface area contributed by atoms with E-state index in [2.05, 4.69) is 6.92 Å². The number of ether oxygens (including phenoxy) is 2. The average Bonchev–Trinajstić information content (AvgIpc) is 2.96. The molecule has 1 heterocycles. The number of carbonyl (C=O) groups excluding carboxylic acids is 1. The second-order valence-corrected chi connectivity index (χ2v) is 6.37. The minimum Gasteiger partial charge on any atom is -0.493 e. The highest BCUT2D eigenvalue weighted by Crippen LogP contribution is 2.33. The summed E-state index contributed by atoms with van der Waals surface area (Å²) in [6.07, 6.45) is 4.50. The lowest BCUT2D eigenvalue weighted by Crippen LogP contribution is -2.26. The normalized spacial score (nSPS) is 17.0. The summed E-state index contributed by atoms with van der Waals surface area (Å²) in [4.78, 5) is 24.8. The van der Waals surface area contributed by atoms with Gasteiger partial charge < -0.3 is 19.5 Å². The summed E-state index contributed by atoms with van der Waals surface area (Å²) in [6, 6.07) is 5.58. The Bertz CT molecular complexity index is 601. The molecule has 1 saturated heterocycles. The van der Waals surface area contributed by atoms with Crippen LogP contribution in [0.5, 0.6) is 11.5 Å². The Hall–Kier alpha value is -2.24. The number of carboxylic acids is 1. The number of para-hydroxylation sites is 1. The van der Waals surface area contributed by atoms with Crippen LogP contribution in [-0.4, -0.2) is 42.1 Å². The number of unbranched alkanes of at least 4 members (excludes halogenated alkanes) is 3. The fourth-order valence-electron chi connectivity index (χ4n) is 3.01. The van der Waals surface area contributed by atoms with Crippen molar-refractivity contribution in [3.63, 3.8) is 0 Å². The van der Waals surface area contributed by atoms with Gasteiger partial charge in [-0.05, 0) is 12.5 Å². The van der Waals surface area contributed by atoms with Gasteiger partial charge in [0.1, 0.15) is 0 Å². The van der Waals surface area contributed by atoms with E-state index in [9.17, 15) is 9.59 Å². The maximum absolute atomic E-state index is 12.1. The first-order chi connectivity index (χ1) is 12.1. The SMILES string of the molecule is CCCCCCOc1c(CN2CC(C(=O)O)CC2=O)cccc1OC. The molecular weight excluding hydrogens is 322 g/mol. The van der Waals surface area contributed by atoms with Gasteiger partial charge in [0.05, 0.1) is 19.6 Å². The van der Waals surface area contributed by atoms with E-state index < -0.39 is 11.9 Å². The largest absolute Gasteiger partial charge is 0.493 e. The molecule has 1 aliphatic rings. The zero-order valence-corrected chi connectivity index (χ0v) is 15.0. The molecule has 1 amide bonds. The van der Waals surface area contributed by atoms with Crippen molar-refractivity contribution in [2.24, 2.45) is 5.92 Å². The molecule has 138 valence electrons. The fourth-order valence-corrected chi connectivity index (χ4v) is 3.01. The van der Waals surface area contributed by atoms with Gasteiger partial charge in [-0.25, -0.2) is 0 Å². The number of methoxy groups -OCH3 is 1. The van der Waals surface area contributed by atoms with Crippen LogP contribution in [0.2, 0.25) is 0 Å². The molecule has 1 unspecified atom stereocenters. The Balaban J connectivity index is 2.06. The lowest BCUT2D eigenvalue weighted by atomic mass is 10.1. The maximum Gasteiger partial charge on any atom is 0.308 e. The minimum atomic E-state index is -0.922. The van der Waals surface area contributed by atoms with Crippen molar-refractivity contribution >= 4 is 11.9 Å². The summed E-state index contributed by atoms with van der Waals surface area (Å²) < 4.78 is 11.3. The van der Waals surface area contributed by atoms with Gasteiger partial charge in [0, 0.05) is 25.1 Å². The highest BCUT2D eigenvalue weighted by molar-refractivity contribution is 5.86. The van der Waals surface area contributed by atoms with Crippen LogP contribution in [0.15, 0.2) is 18.2 Å². The molecule has 1 fully saturated rings. The number of rotatable bonds is 10. The van der Waals surface area contributed by atoms with E-state index in [4.69, 9.17) is 14.6 Å². The molecule has 0 aliphatic carbocycles. The molecule has 6 nitrogen and oxygen atoms in total. The summed E-state index contributed by atoms with van der Waals surface area (Å²) in [5.41, 5.74) is 0.842. The zero-order valence-electron chi connectivity index (χ0n) is 15.0. The van der Waals surface area contributed by atoms with Crippen LogP contribution in [-0.2, 0) is 16.1 Å². The van der Waals surface area contributed by atoms with Gasteiger partial charge in [0.15, 0.2) is 11.5 Å². The summed E-state index contributed by atoms with van der Waals surface area (Å²) >= 11 is 0. The Morgan fingerprint density at radius 3 is 2.76 bits per heavy atom. The van der Waals surface area contributed by atoms with Crippen LogP contribution < -0.4 is 9.47 Å². The van der Waals surface area contributed by atoms with Crippen molar-refractivity contribution in [1.82, 2.24) is 4.90 Å². The van der Waals surface area contributed by atoms with E-state index in [0.717, 1.165) is 18.4 Å². The molecule has 0 saturated carbocycles. The van der Waals surface area contributed by atoms with Gasteiger partial charge in [-0.15, -0.1) is 0 Å². The van der Waals surface area contributed by atoms with E-state index in [0.29, 0.717) is 24.7 Å². The third-order valence-electron chi connectivity index (χ3n) is 4.45. The van der Waals surface area contributed by atoms with Crippen molar-refractivity contribution in [1.29, 1.82) is 0 Å². The lowest BCUT2D eigenvalue weighted by molar-refractivity contribution is -0.141. The highest BCUT2D eigenvalue weighted by atomic mass is 16.5. The van der Waals surface area contributed by atoms with Crippen molar-refractivity contribution in [2.75, 3.05) is 20.3 Å². The first kappa shape index (κ1) is 19.1. The first-order valence-corrected chi connectivity index (χ1v) is 8.86. The van der Waals surface area contributed by atoms with Crippen molar-refractivity contribution in [2.45, 2.75) is 45.6 Å². The second kappa shape index (κ2) is 9.30. The third-order valence-corrected chi connectivity index (χ3v) is 4.45. The summed E-state index contributed by atoms with van der Waals surface area (Å²) in [5, 5.41) is 9.12. The standard InChI is InChI=1S/C19H27NO5/c1-3-4-5-6-10-25-18-14(8-7-9-16(18)24-2)12-20-13-15(19(22)23)11-17(20)21/h7-9,15H,3-6,10-13H2,1-2H3,(H,22,23). The number of nitrogens with zero attached hydrogens (tertiary/aromatic N) is 1. The maximum atomic E-state index is 12.1. The van der Waals surface area contributed by atoms with E-state index in [-0.39, 0.29) is 18.9 Å². The van der Waals surface area contributed by atoms with Gasteiger partial charge in [0.2, 0.25) is 5.91 Å². The topological polar surface area (TPSA) is 76.1 Å². The van der Waals surface area contributed by atoms with E-state index in [1.807, 2.05) is 18.2 Å². The first-order valence-electron chi connectivity index (χ1n) is 8.86. The van der Waals surface area contributed by atoms with Crippen LogP contribution in [0.4, 0.5) is 0 Å². The third kappa shape index (κ3) is 5.11. The molecule has 1 atom stereocenters. The average molecular weight is 349 g/mol. The number of hydrogen-bond donors (Lipinski definition) is 1. The number of hydrogen-bond acceptors (Lipinski definition) is 4. The molecule has 6 heteroatoms. The second-order valence-electron chi connectivity index (χ2n) is 6.37. The predicted molar refractivity (Wildman–Crippen MR) is 93.8 cm³/mol. The van der Waals surface area contributed by atoms with Crippen LogP contribution >= 0.6 is 0 Å². The Morgan fingerprint density at radius 2 is 2.12 bits per heavy atom. The molecule has 1 aliphatic heterocycles.